The zero-order valence-electron chi connectivity index (χ0n) is 9.35. The molecule has 1 aliphatic heterocycles. The highest BCUT2D eigenvalue weighted by Crippen LogP contribution is 2.39. The van der Waals surface area contributed by atoms with Crippen molar-refractivity contribution in [2.24, 2.45) is 11.8 Å². The summed E-state index contributed by atoms with van der Waals surface area (Å²) in [6.07, 6.45) is 3.59. The van der Waals surface area contributed by atoms with Crippen molar-refractivity contribution in [2.45, 2.75) is 19.4 Å². The number of aromatic nitrogens is 1. The van der Waals surface area contributed by atoms with Crippen molar-refractivity contribution in [3.05, 3.63) is 23.9 Å². The second-order valence-electron chi connectivity index (χ2n) is 4.67. The monoisotopic (exact) mass is 240 g/mol. The molecule has 3 atom stereocenters. The van der Waals surface area contributed by atoms with Crippen LogP contribution in [-0.4, -0.2) is 24.2 Å². The third-order valence-electron chi connectivity index (χ3n) is 3.49. The van der Waals surface area contributed by atoms with E-state index in [4.69, 9.17) is 4.74 Å². The zero-order chi connectivity index (χ0) is 10.3. The van der Waals surface area contributed by atoms with E-state index >= 15 is 0 Å². The molecule has 16 heavy (non-hydrogen) atoms. The maximum absolute atomic E-state index is 5.92. The fourth-order valence-electron chi connectivity index (χ4n) is 2.56. The summed E-state index contributed by atoms with van der Waals surface area (Å²) in [7, 11) is 0. The lowest BCUT2D eigenvalue weighted by Crippen LogP contribution is -2.59. The van der Waals surface area contributed by atoms with E-state index in [2.05, 4.69) is 16.4 Å². The highest BCUT2D eigenvalue weighted by molar-refractivity contribution is 5.85. The summed E-state index contributed by atoms with van der Waals surface area (Å²) in [6, 6.07) is 4.02. The number of aryl methyl sites for hydroxylation is 1. The van der Waals surface area contributed by atoms with E-state index in [0.29, 0.717) is 17.9 Å². The fraction of sp³-hybridized carbons (Fsp3) is 0.583. The van der Waals surface area contributed by atoms with Gasteiger partial charge in [-0.15, -0.1) is 12.4 Å². The quantitative estimate of drug-likeness (QED) is 0.856. The second kappa shape index (κ2) is 4.60. The molecule has 0 aromatic carbocycles. The van der Waals surface area contributed by atoms with Gasteiger partial charge in [-0.1, -0.05) is 6.07 Å². The number of halogens is 1. The van der Waals surface area contributed by atoms with Gasteiger partial charge in [0.15, 0.2) is 0 Å². The predicted molar refractivity (Wildman–Crippen MR) is 65.1 cm³/mol. The lowest BCUT2D eigenvalue weighted by molar-refractivity contribution is -0.0470. The van der Waals surface area contributed by atoms with Crippen LogP contribution >= 0.6 is 12.4 Å². The highest BCUT2D eigenvalue weighted by atomic mass is 35.5. The van der Waals surface area contributed by atoms with E-state index in [1.165, 1.54) is 12.0 Å². The van der Waals surface area contributed by atoms with Gasteiger partial charge < -0.3 is 10.1 Å². The Balaban J connectivity index is 0.000000963. The Kier molecular flexibility index (Phi) is 3.36. The summed E-state index contributed by atoms with van der Waals surface area (Å²) in [5.41, 5.74) is 1.18. The molecule has 1 saturated heterocycles. The van der Waals surface area contributed by atoms with Crippen molar-refractivity contribution in [3.63, 3.8) is 0 Å². The molecule has 0 radical (unpaired) electrons. The van der Waals surface area contributed by atoms with Crippen molar-refractivity contribution in [3.8, 4) is 5.88 Å². The SMILES string of the molecule is Cc1ccc(OC2[C@@H]3CNC[C@H]2C3)nc1.Cl. The third-order valence-corrected chi connectivity index (χ3v) is 3.49. The van der Waals surface area contributed by atoms with Crippen molar-refractivity contribution in [1.29, 1.82) is 0 Å². The topological polar surface area (TPSA) is 34.1 Å². The summed E-state index contributed by atoms with van der Waals surface area (Å²) in [5, 5.41) is 3.41. The van der Waals surface area contributed by atoms with Gasteiger partial charge in [0, 0.05) is 37.2 Å². The minimum atomic E-state index is 0. The molecule has 2 bridgehead atoms. The average Bonchev–Trinajstić information content (AvgIpc) is 2.29. The van der Waals surface area contributed by atoms with Gasteiger partial charge in [0.25, 0.3) is 0 Å². The van der Waals surface area contributed by atoms with Crippen molar-refractivity contribution in [2.75, 3.05) is 13.1 Å². The van der Waals surface area contributed by atoms with Gasteiger partial charge in [-0.3, -0.25) is 0 Å². The average molecular weight is 241 g/mol. The van der Waals surface area contributed by atoms with Crippen LogP contribution in [0.3, 0.4) is 0 Å². The first-order valence-electron chi connectivity index (χ1n) is 5.63. The van der Waals surface area contributed by atoms with Crippen LogP contribution in [0.15, 0.2) is 18.3 Å². The molecule has 1 aromatic rings. The summed E-state index contributed by atoms with van der Waals surface area (Å²) >= 11 is 0. The summed E-state index contributed by atoms with van der Waals surface area (Å²) in [4.78, 5) is 4.28. The maximum Gasteiger partial charge on any atom is 0.213 e. The first-order valence-corrected chi connectivity index (χ1v) is 5.63. The molecule has 1 saturated carbocycles. The molecular formula is C12H17ClN2O. The Bertz CT molecular complexity index is 341. The van der Waals surface area contributed by atoms with Crippen LogP contribution in [0.25, 0.3) is 0 Å². The number of ether oxygens (including phenoxy) is 1. The molecule has 1 aliphatic carbocycles. The number of piperidine rings is 2. The molecule has 2 heterocycles. The number of rotatable bonds is 2. The van der Waals surface area contributed by atoms with Crippen molar-refractivity contribution >= 4 is 12.4 Å². The minimum absolute atomic E-state index is 0. The van der Waals surface area contributed by atoms with Gasteiger partial charge in [-0.05, 0) is 18.9 Å². The number of hydrogen-bond acceptors (Lipinski definition) is 3. The van der Waals surface area contributed by atoms with Crippen LogP contribution in [0.5, 0.6) is 5.88 Å². The molecule has 4 heteroatoms. The van der Waals surface area contributed by atoms with Gasteiger partial charge in [-0.2, -0.15) is 0 Å². The molecule has 1 aromatic heterocycles. The first kappa shape index (κ1) is 11.7. The highest BCUT2D eigenvalue weighted by Gasteiger charge is 2.45. The maximum atomic E-state index is 5.92. The standard InChI is InChI=1S/C12H16N2O.ClH/c1-8-2-3-11(14-5-8)15-12-9-4-10(12)7-13-6-9;/h2-3,5,9-10,12-13H,4,6-7H2,1H3;1H/t9-,10+,12?;. The van der Waals surface area contributed by atoms with Crippen LogP contribution in [0.2, 0.25) is 0 Å². The zero-order valence-corrected chi connectivity index (χ0v) is 10.2. The Morgan fingerprint density at radius 1 is 1.31 bits per heavy atom. The van der Waals surface area contributed by atoms with Gasteiger partial charge >= 0.3 is 0 Å². The molecule has 3 nitrogen and oxygen atoms in total. The third kappa shape index (κ3) is 2.02. The Morgan fingerprint density at radius 2 is 2.06 bits per heavy atom. The van der Waals surface area contributed by atoms with Crippen LogP contribution in [0.4, 0.5) is 0 Å². The van der Waals surface area contributed by atoms with Crippen LogP contribution in [-0.2, 0) is 0 Å². The van der Waals surface area contributed by atoms with E-state index in [9.17, 15) is 0 Å². The molecule has 0 spiro atoms. The van der Waals surface area contributed by atoms with Crippen LogP contribution in [0.1, 0.15) is 12.0 Å². The molecule has 2 fully saturated rings. The van der Waals surface area contributed by atoms with E-state index in [0.717, 1.165) is 19.0 Å². The molecule has 88 valence electrons. The predicted octanol–water partition coefficient (Wildman–Crippen LogP) is 1.80. The number of nitrogens with one attached hydrogen (secondary N) is 1. The molecule has 1 N–H and O–H groups in total. The van der Waals surface area contributed by atoms with Crippen molar-refractivity contribution < 1.29 is 4.74 Å². The molecule has 2 aliphatic rings. The first-order chi connectivity index (χ1) is 7.33. The lowest BCUT2D eigenvalue weighted by atomic mass is 9.69. The Labute approximate surface area is 102 Å². The van der Waals surface area contributed by atoms with Crippen molar-refractivity contribution in [1.82, 2.24) is 10.3 Å². The smallest absolute Gasteiger partial charge is 0.213 e. The number of hydrogen-bond donors (Lipinski definition) is 1. The van der Waals surface area contributed by atoms with Crippen LogP contribution in [0, 0.1) is 18.8 Å². The molecule has 1 unspecified atom stereocenters. The van der Waals surface area contributed by atoms with Crippen LogP contribution < -0.4 is 10.1 Å². The number of pyridine rings is 1. The fourth-order valence-corrected chi connectivity index (χ4v) is 2.56. The van der Waals surface area contributed by atoms with Gasteiger partial charge in [-0.25, -0.2) is 4.98 Å². The van der Waals surface area contributed by atoms with E-state index in [-0.39, 0.29) is 12.4 Å². The Morgan fingerprint density at radius 3 is 2.62 bits per heavy atom. The summed E-state index contributed by atoms with van der Waals surface area (Å²) < 4.78 is 5.92. The van der Waals surface area contributed by atoms with Gasteiger partial charge in [0.2, 0.25) is 5.88 Å². The van der Waals surface area contributed by atoms with E-state index < -0.39 is 0 Å². The van der Waals surface area contributed by atoms with E-state index in [1.807, 2.05) is 19.2 Å². The largest absolute Gasteiger partial charge is 0.474 e. The molecule has 3 rings (SSSR count). The number of nitrogens with zero attached hydrogens (tertiary/aromatic N) is 1. The number of fused-ring (bicyclic) bond motifs is 2. The van der Waals surface area contributed by atoms with Gasteiger partial charge in [0.05, 0.1) is 0 Å². The van der Waals surface area contributed by atoms with E-state index in [1.54, 1.807) is 0 Å². The minimum Gasteiger partial charge on any atom is -0.474 e. The lowest BCUT2D eigenvalue weighted by Gasteiger charge is -2.48. The normalized spacial score (nSPS) is 31.2. The summed E-state index contributed by atoms with van der Waals surface area (Å²) in [5.74, 6) is 2.18. The second-order valence-corrected chi connectivity index (χ2v) is 4.67. The molecular weight excluding hydrogens is 224 g/mol. The Hall–Kier alpha value is -0.800. The molecule has 0 amide bonds. The van der Waals surface area contributed by atoms with Gasteiger partial charge in [0.1, 0.15) is 6.10 Å². The summed E-state index contributed by atoms with van der Waals surface area (Å²) in [6.45, 7) is 4.25.